The number of hydroxylamine groups is 1. The van der Waals surface area contributed by atoms with Crippen molar-refractivity contribution >= 4 is 34.4 Å². The summed E-state index contributed by atoms with van der Waals surface area (Å²) < 4.78 is 0.865. The Bertz CT molecular complexity index is 435. The second-order valence-corrected chi connectivity index (χ2v) is 4.46. The molecule has 0 bridgehead atoms. The minimum atomic E-state index is -0.510. The van der Waals surface area contributed by atoms with Crippen molar-refractivity contribution in [2.75, 3.05) is 0 Å². The third-order valence-electron chi connectivity index (χ3n) is 2.11. The highest BCUT2D eigenvalue weighted by Gasteiger charge is 2.11. The molecular formula is C11H13IN2O3. The molecule has 0 aromatic heterocycles. The van der Waals surface area contributed by atoms with Gasteiger partial charge in [-0.2, -0.15) is 0 Å². The Labute approximate surface area is 113 Å². The largest absolute Gasteiger partial charge is 0.366 e. The first-order chi connectivity index (χ1) is 8.06. The molecule has 0 heterocycles. The lowest BCUT2D eigenvalue weighted by Gasteiger charge is -2.10. The molecule has 6 heteroatoms. The van der Waals surface area contributed by atoms with Gasteiger partial charge in [-0.25, -0.2) is 5.48 Å². The van der Waals surface area contributed by atoms with E-state index in [0.29, 0.717) is 17.5 Å². The molecule has 92 valence electrons. The average molecular weight is 348 g/mol. The van der Waals surface area contributed by atoms with E-state index in [1.165, 1.54) is 0 Å². The summed E-state index contributed by atoms with van der Waals surface area (Å²) in [5, 5.41) is 0. The van der Waals surface area contributed by atoms with Crippen LogP contribution in [0.2, 0.25) is 0 Å². The van der Waals surface area contributed by atoms with E-state index < -0.39 is 5.91 Å². The minimum Gasteiger partial charge on any atom is -0.366 e. The number of rotatable bonds is 5. The van der Waals surface area contributed by atoms with E-state index in [1.807, 2.05) is 6.07 Å². The van der Waals surface area contributed by atoms with E-state index in [-0.39, 0.29) is 12.5 Å². The Morgan fingerprint density at radius 1 is 1.47 bits per heavy atom. The molecule has 3 N–H and O–H groups in total. The van der Waals surface area contributed by atoms with Crippen LogP contribution in [0, 0.1) is 3.57 Å². The van der Waals surface area contributed by atoms with Crippen LogP contribution in [-0.4, -0.2) is 11.8 Å². The van der Waals surface area contributed by atoms with E-state index in [9.17, 15) is 9.59 Å². The van der Waals surface area contributed by atoms with Crippen molar-refractivity contribution in [3.05, 3.63) is 32.9 Å². The van der Waals surface area contributed by atoms with Crippen LogP contribution in [0.25, 0.3) is 0 Å². The number of carbonyl (C=O) groups excluding carboxylic acids is 2. The quantitative estimate of drug-likeness (QED) is 0.623. The van der Waals surface area contributed by atoms with E-state index in [2.05, 4.69) is 28.1 Å². The van der Waals surface area contributed by atoms with Crippen LogP contribution >= 0.6 is 22.6 Å². The summed E-state index contributed by atoms with van der Waals surface area (Å²) in [5.74, 6) is -0.722. The first-order valence-corrected chi connectivity index (χ1v) is 6.12. The molecule has 0 aliphatic heterocycles. The van der Waals surface area contributed by atoms with Gasteiger partial charge in [0, 0.05) is 21.1 Å². The lowest BCUT2D eigenvalue weighted by Crippen LogP contribution is -2.23. The van der Waals surface area contributed by atoms with Crippen LogP contribution in [0.15, 0.2) is 18.2 Å². The van der Waals surface area contributed by atoms with E-state index in [0.717, 1.165) is 3.57 Å². The fourth-order valence-electron chi connectivity index (χ4n) is 1.20. The highest BCUT2D eigenvalue weighted by molar-refractivity contribution is 14.1. The van der Waals surface area contributed by atoms with Gasteiger partial charge in [-0.1, -0.05) is 13.0 Å². The summed E-state index contributed by atoms with van der Waals surface area (Å²) in [5.41, 5.74) is 8.62. The Balaban J connectivity index is 2.76. The summed E-state index contributed by atoms with van der Waals surface area (Å²) in [7, 11) is 0. The molecule has 0 unspecified atom stereocenters. The normalized spacial score (nSPS) is 10.0. The van der Waals surface area contributed by atoms with Crippen molar-refractivity contribution in [2.24, 2.45) is 5.73 Å². The Morgan fingerprint density at radius 3 is 2.76 bits per heavy atom. The second-order valence-electron chi connectivity index (χ2n) is 3.30. The van der Waals surface area contributed by atoms with Crippen LogP contribution in [0.3, 0.4) is 0 Å². The van der Waals surface area contributed by atoms with Crippen molar-refractivity contribution in [1.29, 1.82) is 0 Å². The third-order valence-corrected chi connectivity index (χ3v) is 3.12. The summed E-state index contributed by atoms with van der Waals surface area (Å²) in [6.45, 7) is 1.84. The molecule has 2 amide bonds. The van der Waals surface area contributed by atoms with Gasteiger partial charge in [0.1, 0.15) is 6.61 Å². The van der Waals surface area contributed by atoms with Crippen LogP contribution in [0.1, 0.15) is 29.3 Å². The maximum absolute atomic E-state index is 11.2. The summed E-state index contributed by atoms with van der Waals surface area (Å²) in [4.78, 5) is 27.2. The van der Waals surface area contributed by atoms with Gasteiger partial charge < -0.3 is 5.73 Å². The SMILES string of the molecule is CCC(=O)NOCc1c(I)cccc1C(N)=O. The summed E-state index contributed by atoms with van der Waals surface area (Å²) >= 11 is 2.09. The molecule has 17 heavy (non-hydrogen) atoms. The van der Waals surface area contributed by atoms with Crippen molar-refractivity contribution in [2.45, 2.75) is 20.0 Å². The van der Waals surface area contributed by atoms with Crippen molar-refractivity contribution < 1.29 is 14.4 Å². The zero-order chi connectivity index (χ0) is 12.8. The first kappa shape index (κ1) is 13.9. The van der Waals surface area contributed by atoms with Crippen molar-refractivity contribution in [3.63, 3.8) is 0 Å². The molecule has 1 rings (SSSR count). The molecule has 0 fully saturated rings. The molecule has 0 atom stereocenters. The predicted octanol–water partition coefficient (Wildman–Crippen LogP) is 1.35. The third kappa shape index (κ3) is 3.97. The molecule has 0 saturated heterocycles. The van der Waals surface area contributed by atoms with Gasteiger partial charge in [0.25, 0.3) is 0 Å². The molecule has 0 spiro atoms. The molecule has 5 nitrogen and oxygen atoms in total. The van der Waals surface area contributed by atoms with Gasteiger partial charge >= 0.3 is 0 Å². The van der Waals surface area contributed by atoms with Gasteiger partial charge in [0.2, 0.25) is 11.8 Å². The number of benzene rings is 1. The Morgan fingerprint density at radius 2 is 2.18 bits per heavy atom. The highest BCUT2D eigenvalue weighted by atomic mass is 127. The maximum atomic E-state index is 11.2. The molecule has 1 aromatic rings. The lowest BCUT2D eigenvalue weighted by molar-refractivity contribution is -0.134. The summed E-state index contributed by atoms with van der Waals surface area (Å²) in [6, 6.07) is 5.22. The first-order valence-electron chi connectivity index (χ1n) is 5.04. The number of hydrogen-bond acceptors (Lipinski definition) is 3. The number of amides is 2. The Kier molecular flexibility index (Phi) is 5.36. The second kappa shape index (κ2) is 6.55. The number of hydrogen-bond donors (Lipinski definition) is 2. The number of nitrogens with two attached hydrogens (primary N) is 1. The molecule has 1 aromatic carbocycles. The van der Waals surface area contributed by atoms with Crippen LogP contribution in [0.5, 0.6) is 0 Å². The van der Waals surface area contributed by atoms with E-state index in [1.54, 1.807) is 19.1 Å². The van der Waals surface area contributed by atoms with Gasteiger partial charge in [-0.15, -0.1) is 0 Å². The number of nitrogens with one attached hydrogen (secondary N) is 1. The maximum Gasteiger partial charge on any atom is 0.249 e. The number of carbonyl (C=O) groups is 2. The molecule has 0 saturated carbocycles. The summed E-state index contributed by atoms with van der Waals surface area (Å²) in [6.07, 6.45) is 0.342. The van der Waals surface area contributed by atoms with Crippen LogP contribution in [-0.2, 0) is 16.2 Å². The lowest BCUT2D eigenvalue weighted by atomic mass is 10.1. The fourth-order valence-corrected chi connectivity index (χ4v) is 1.85. The van der Waals surface area contributed by atoms with Crippen molar-refractivity contribution in [3.8, 4) is 0 Å². The minimum absolute atomic E-state index is 0.114. The highest BCUT2D eigenvalue weighted by Crippen LogP contribution is 2.17. The topological polar surface area (TPSA) is 81.4 Å². The number of primary amides is 1. The van der Waals surface area contributed by atoms with Crippen LogP contribution < -0.4 is 11.2 Å². The molecule has 0 radical (unpaired) electrons. The van der Waals surface area contributed by atoms with Crippen molar-refractivity contribution in [1.82, 2.24) is 5.48 Å². The molecule has 0 aliphatic rings. The zero-order valence-electron chi connectivity index (χ0n) is 9.33. The van der Waals surface area contributed by atoms with Gasteiger partial charge in [-0.3, -0.25) is 14.4 Å². The average Bonchev–Trinajstić information content (AvgIpc) is 2.30. The standard InChI is InChI=1S/C11H13IN2O3/c1-2-10(15)14-17-6-8-7(11(13)16)4-3-5-9(8)12/h3-5H,2,6H2,1H3,(H2,13,16)(H,14,15). The Hall–Kier alpha value is -1.15. The van der Waals surface area contributed by atoms with E-state index >= 15 is 0 Å². The van der Waals surface area contributed by atoms with Crippen LogP contribution in [0.4, 0.5) is 0 Å². The van der Waals surface area contributed by atoms with Gasteiger partial charge in [0.15, 0.2) is 0 Å². The molecular weight excluding hydrogens is 335 g/mol. The van der Waals surface area contributed by atoms with E-state index in [4.69, 9.17) is 10.6 Å². The van der Waals surface area contributed by atoms with Gasteiger partial charge in [0.05, 0.1) is 0 Å². The smallest absolute Gasteiger partial charge is 0.249 e. The molecule has 0 aliphatic carbocycles. The van der Waals surface area contributed by atoms with Gasteiger partial charge in [-0.05, 0) is 34.7 Å². The number of halogens is 1. The zero-order valence-corrected chi connectivity index (χ0v) is 11.5. The monoisotopic (exact) mass is 348 g/mol. The predicted molar refractivity (Wildman–Crippen MR) is 70.9 cm³/mol. The fraction of sp³-hybridized carbons (Fsp3) is 0.273.